The Bertz CT molecular complexity index is 1020. The highest BCUT2D eigenvalue weighted by molar-refractivity contribution is 5.56. The Balaban J connectivity index is 1.37. The molecule has 1 aliphatic heterocycles. The molecule has 2 N–H and O–H groups in total. The SMILES string of the molecule is CCOc1ccc(Oc2ccc(Nc3nc(C)nc(N4CCN(CCO)CC4)n3)cc2)cn1. The molecule has 10 heteroatoms. The average molecular weight is 452 g/mol. The van der Waals surface area contributed by atoms with E-state index in [0.29, 0.717) is 48.3 Å². The van der Waals surface area contributed by atoms with Crippen LogP contribution in [0.25, 0.3) is 0 Å². The second-order valence-electron chi connectivity index (χ2n) is 7.58. The largest absolute Gasteiger partial charge is 0.478 e. The van der Waals surface area contributed by atoms with Crippen LogP contribution in [0.5, 0.6) is 17.4 Å². The second kappa shape index (κ2) is 10.9. The summed E-state index contributed by atoms with van der Waals surface area (Å²) in [5, 5.41) is 12.4. The number of hydrogen-bond acceptors (Lipinski definition) is 10. The predicted octanol–water partition coefficient (Wildman–Crippen LogP) is 2.62. The summed E-state index contributed by atoms with van der Waals surface area (Å²) in [7, 11) is 0. The fourth-order valence-corrected chi connectivity index (χ4v) is 3.51. The van der Waals surface area contributed by atoms with Crippen LogP contribution in [0.15, 0.2) is 42.6 Å². The van der Waals surface area contributed by atoms with Gasteiger partial charge in [0.05, 0.1) is 19.4 Å². The van der Waals surface area contributed by atoms with Gasteiger partial charge in [0.1, 0.15) is 17.3 Å². The first-order chi connectivity index (χ1) is 16.1. The van der Waals surface area contributed by atoms with Crippen molar-refractivity contribution in [1.29, 1.82) is 0 Å². The molecule has 1 aliphatic rings. The van der Waals surface area contributed by atoms with Crippen LogP contribution >= 0.6 is 0 Å². The number of aliphatic hydroxyl groups is 1. The fourth-order valence-electron chi connectivity index (χ4n) is 3.51. The van der Waals surface area contributed by atoms with E-state index in [1.165, 1.54) is 0 Å². The molecule has 1 saturated heterocycles. The van der Waals surface area contributed by atoms with E-state index in [0.717, 1.165) is 31.9 Å². The molecule has 10 nitrogen and oxygen atoms in total. The van der Waals surface area contributed by atoms with Gasteiger partial charge in [0.15, 0.2) is 0 Å². The number of aromatic nitrogens is 4. The molecule has 33 heavy (non-hydrogen) atoms. The van der Waals surface area contributed by atoms with E-state index in [-0.39, 0.29) is 6.61 Å². The number of hydrogen-bond donors (Lipinski definition) is 2. The number of pyridine rings is 1. The van der Waals surface area contributed by atoms with Crippen LogP contribution < -0.4 is 19.7 Å². The number of benzene rings is 1. The smallest absolute Gasteiger partial charge is 0.232 e. The second-order valence-corrected chi connectivity index (χ2v) is 7.58. The number of β-amino-alcohol motifs (C(OH)–C–C–N with tert-alkyl or cyclic N) is 1. The van der Waals surface area contributed by atoms with Crippen LogP contribution in [0, 0.1) is 6.92 Å². The summed E-state index contributed by atoms with van der Waals surface area (Å²) in [6.45, 7) is 8.61. The molecule has 1 aromatic carbocycles. The minimum Gasteiger partial charge on any atom is -0.478 e. The Morgan fingerprint density at radius 1 is 0.970 bits per heavy atom. The number of anilines is 3. The standard InChI is InChI=1S/C23H29N7O3/c1-3-32-21-9-8-20(16-24-21)33-19-6-4-18(5-7-19)27-22-25-17(2)26-23(28-22)30-12-10-29(11-13-30)14-15-31/h4-9,16,31H,3,10-15H2,1-2H3,(H,25,26,27,28). The molecular formula is C23H29N7O3. The van der Waals surface area contributed by atoms with Crippen molar-refractivity contribution in [2.75, 3.05) is 56.2 Å². The monoisotopic (exact) mass is 451 g/mol. The van der Waals surface area contributed by atoms with Gasteiger partial charge in [-0.05, 0) is 44.2 Å². The van der Waals surface area contributed by atoms with Crippen LogP contribution in [0.3, 0.4) is 0 Å². The van der Waals surface area contributed by atoms with Crippen LogP contribution in [-0.4, -0.2) is 75.9 Å². The maximum Gasteiger partial charge on any atom is 0.232 e. The van der Waals surface area contributed by atoms with Gasteiger partial charge in [0.2, 0.25) is 17.8 Å². The fraction of sp³-hybridized carbons (Fsp3) is 0.391. The third-order valence-corrected chi connectivity index (χ3v) is 5.15. The molecule has 3 heterocycles. The Hall–Kier alpha value is -3.50. The summed E-state index contributed by atoms with van der Waals surface area (Å²) < 4.78 is 11.2. The van der Waals surface area contributed by atoms with E-state index in [1.807, 2.05) is 44.2 Å². The van der Waals surface area contributed by atoms with E-state index in [2.05, 4.69) is 35.1 Å². The molecule has 0 amide bonds. The summed E-state index contributed by atoms with van der Waals surface area (Å²) >= 11 is 0. The summed E-state index contributed by atoms with van der Waals surface area (Å²) in [6.07, 6.45) is 1.63. The lowest BCUT2D eigenvalue weighted by atomic mass is 10.3. The zero-order valence-corrected chi connectivity index (χ0v) is 18.9. The van der Waals surface area contributed by atoms with Crippen molar-refractivity contribution < 1.29 is 14.6 Å². The normalized spacial score (nSPS) is 14.2. The van der Waals surface area contributed by atoms with Crippen molar-refractivity contribution in [1.82, 2.24) is 24.8 Å². The van der Waals surface area contributed by atoms with Gasteiger partial charge in [0, 0.05) is 44.5 Å². The van der Waals surface area contributed by atoms with E-state index < -0.39 is 0 Å². The lowest BCUT2D eigenvalue weighted by Gasteiger charge is -2.34. The molecule has 0 unspecified atom stereocenters. The highest BCUT2D eigenvalue weighted by Crippen LogP contribution is 2.25. The number of ether oxygens (including phenoxy) is 2. The molecule has 0 aliphatic carbocycles. The molecule has 1 fully saturated rings. The van der Waals surface area contributed by atoms with Gasteiger partial charge < -0.3 is 24.8 Å². The number of nitrogens with one attached hydrogen (secondary N) is 1. The molecule has 174 valence electrons. The van der Waals surface area contributed by atoms with Gasteiger partial charge in [-0.1, -0.05) is 0 Å². The molecule has 0 saturated carbocycles. The molecule has 0 bridgehead atoms. The third-order valence-electron chi connectivity index (χ3n) is 5.15. The van der Waals surface area contributed by atoms with Crippen LogP contribution in [0.2, 0.25) is 0 Å². The summed E-state index contributed by atoms with van der Waals surface area (Å²) in [4.78, 5) is 22.1. The van der Waals surface area contributed by atoms with Gasteiger partial charge in [0.25, 0.3) is 0 Å². The van der Waals surface area contributed by atoms with Crippen LogP contribution in [0.1, 0.15) is 12.7 Å². The summed E-state index contributed by atoms with van der Waals surface area (Å²) in [5.74, 6) is 3.72. The van der Waals surface area contributed by atoms with Crippen molar-refractivity contribution in [2.24, 2.45) is 0 Å². The maximum atomic E-state index is 9.12. The molecule has 0 radical (unpaired) electrons. The minimum atomic E-state index is 0.180. The first-order valence-corrected chi connectivity index (χ1v) is 11.1. The maximum absolute atomic E-state index is 9.12. The first-order valence-electron chi connectivity index (χ1n) is 11.1. The lowest BCUT2D eigenvalue weighted by molar-refractivity contribution is 0.188. The highest BCUT2D eigenvalue weighted by Gasteiger charge is 2.19. The predicted molar refractivity (Wildman–Crippen MR) is 126 cm³/mol. The number of nitrogens with zero attached hydrogens (tertiary/aromatic N) is 6. The molecular weight excluding hydrogens is 422 g/mol. The molecule has 0 atom stereocenters. The minimum absolute atomic E-state index is 0.180. The van der Waals surface area contributed by atoms with Crippen molar-refractivity contribution in [3.05, 3.63) is 48.4 Å². The third kappa shape index (κ3) is 6.27. The number of aliphatic hydroxyl groups excluding tert-OH is 1. The first kappa shape index (κ1) is 22.7. The van der Waals surface area contributed by atoms with Crippen LogP contribution in [-0.2, 0) is 0 Å². The average Bonchev–Trinajstić information content (AvgIpc) is 2.82. The molecule has 3 aromatic rings. The van der Waals surface area contributed by atoms with E-state index in [9.17, 15) is 0 Å². The number of piperazine rings is 1. The van der Waals surface area contributed by atoms with Crippen molar-refractivity contribution in [3.63, 3.8) is 0 Å². The Morgan fingerprint density at radius 2 is 1.73 bits per heavy atom. The van der Waals surface area contributed by atoms with Crippen molar-refractivity contribution in [2.45, 2.75) is 13.8 Å². The van der Waals surface area contributed by atoms with Gasteiger partial charge in [-0.15, -0.1) is 0 Å². The van der Waals surface area contributed by atoms with Gasteiger partial charge in [-0.25, -0.2) is 4.98 Å². The lowest BCUT2D eigenvalue weighted by Crippen LogP contribution is -2.47. The Morgan fingerprint density at radius 3 is 2.39 bits per heavy atom. The molecule has 4 rings (SSSR count). The van der Waals surface area contributed by atoms with E-state index in [4.69, 9.17) is 14.6 Å². The number of aryl methyl sites for hydroxylation is 1. The summed E-state index contributed by atoms with van der Waals surface area (Å²) in [6, 6.07) is 11.2. The Labute approximate surface area is 193 Å². The van der Waals surface area contributed by atoms with Gasteiger partial charge in [-0.3, -0.25) is 4.90 Å². The quantitative estimate of drug-likeness (QED) is 0.504. The van der Waals surface area contributed by atoms with E-state index >= 15 is 0 Å². The highest BCUT2D eigenvalue weighted by atomic mass is 16.5. The van der Waals surface area contributed by atoms with Crippen molar-refractivity contribution in [3.8, 4) is 17.4 Å². The topological polar surface area (TPSA) is 109 Å². The Kier molecular flexibility index (Phi) is 7.48. The zero-order valence-electron chi connectivity index (χ0n) is 18.9. The zero-order chi connectivity index (χ0) is 23.0. The summed E-state index contributed by atoms with van der Waals surface area (Å²) in [5.41, 5.74) is 0.844. The number of rotatable bonds is 9. The molecule has 0 spiro atoms. The van der Waals surface area contributed by atoms with Crippen LogP contribution in [0.4, 0.5) is 17.6 Å². The van der Waals surface area contributed by atoms with Gasteiger partial charge >= 0.3 is 0 Å². The van der Waals surface area contributed by atoms with Crippen molar-refractivity contribution >= 4 is 17.6 Å². The van der Waals surface area contributed by atoms with Gasteiger partial charge in [-0.2, -0.15) is 15.0 Å². The molecule has 2 aromatic heterocycles. The van der Waals surface area contributed by atoms with E-state index in [1.54, 1.807) is 12.3 Å².